The lowest BCUT2D eigenvalue weighted by molar-refractivity contribution is 0.196. The van der Waals surface area contributed by atoms with Gasteiger partial charge in [-0.15, -0.1) is 6.58 Å². The molecule has 0 unspecified atom stereocenters. The van der Waals surface area contributed by atoms with Gasteiger partial charge in [-0.25, -0.2) is 0 Å². The van der Waals surface area contributed by atoms with Gasteiger partial charge in [0.2, 0.25) is 0 Å². The highest BCUT2D eigenvalue weighted by atomic mass is 15.3. The molecule has 4 heteroatoms. The van der Waals surface area contributed by atoms with E-state index in [1.807, 2.05) is 13.1 Å². The van der Waals surface area contributed by atoms with Crippen molar-refractivity contribution < 1.29 is 0 Å². The Morgan fingerprint density at radius 2 is 1.94 bits per heavy atom. The molecule has 0 spiro atoms. The van der Waals surface area contributed by atoms with Crippen LogP contribution in [0, 0.1) is 0 Å². The summed E-state index contributed by atoms with van der Waals surface area (Å²) in [4.78, 5) is 8.69. The Labute approximate surface area is 113 Å². The first-order chi connectivity index (χ1) is 8.35. The molecule has 0 aliphatic carbocycles. The van der Waals surface area contributed by atoms with E-state index in [9.17, 15) is 0 Å². The smallest absolute Gasteiger partial charge is 0.193 e. The minimum Gasteiger partial charge on any atom is -0.354 e. The van der Waals surface area contributed by atoms with Crippen LogP contribution in [0.25, 0.3) is 0 Å². The summed E-state index contributed by atoms with van der Waals surface area (Å²) >= 11 is 0. The van der Waals surface area contributed by atoms with Crippen molar-refractivity contribution >= 4 is 5.96 Å². The van der Waals surface area contributed by atoms with E-state index in [0.717, 1.165) is 31.9 Å². The Hall–Kier alpha value is -1.03. The second-order valence-electron chi connectivity index (χ2n) is 5.46. The number of unbranched alkanes of at least 4 members (excludes halogenated alkanes) is 1. The van der Waals surface area contributed by atoms with Gasteiger partial charge in [0.05, 0.1) is 0 Å². The summed E-state index contributed by atoms with van der Waals surface area (Å²) in [5, 5.41) is 3.43. The van der Waals surface area contributed by atoms with E-state index in [4.69, 9.17) is 0 Å². The van der Waals surface area contributed by atoms with E-state index in [-0.39, 0.29) is 5.54 Å². The molecule has 18 heavy (non-hydrogen) atoms. The summed E-state index contributed by atoms with van der Waals surface area (Å²) in [7, 11) is 8.09. The molecule has 0 rings (SSSR count). The maximum atomic E-state index is 4.32. The van der Waals surface area contributed by atoms with Gasteiger partial charge in [-0.05, 0) is 40.8 Å². The van der Waals surface area contributed by atoms with Crippen LogP contribution in [-0.2, 0) is 0 Å². The number of likely N-dealkylation sites (N-methyl/N-ethyl adjacent to an activating group) is 1. The number of rotatable bonds is 7. The molecule has 0 atom stereocenters. The summed E-state index contributed by atoms with van der Waals surface area (Å²) in [6.07, 6.45) is 4.11. The lowest BCUT2D eigenvalue weighted by Crippen LogP contribution is -2.51. The zero-order valence-corrected chi connectivity index (χ0v) is 13.0. The van der Waals surface area contributed by atoms with Gasteiger partial charge in [0.1, 0.15) is 0 Å². The second-order valence-corrected chi connectivity index (χ2v) is 5.46. The predicted octanol–water partition coefficient (Wildman–Crippen LogP) is 1.80. The third-order valence-corrected chi connectivity index (χ3v) is 3.36. The molecule has 0 aliphatic heterocycles. The van der Waals surface area contributed by atoms with Crippen LogP contribution in [0.1, 0.15) is 26.7 Å². The van der Waals surface area contributed by atoms with Gasteiger partial charge < -0.3 is 15.1 Å². The second kappa shape index (κ2) is 8.14. The van der Waals surface area contributed by atoms with Gasteiger partial charge in [0.25, 0.3) is 0 Å². The van der Waals surface area contributed by atoms with Crippen LogP contribution in [0.15, 0.2) is 17.6 Å². The van der Waals surface area contributed by atoms with Crippen molar-refractivity contribution in [2.75, 3.05) is 41.3 Å². The van der Waals surface area contributed by atoms with Crippen LogP contribution in [0.2, 0.25) is 0 Å². The Kier molecular flexibility index (Phi) is 7.67. The summed E-state index contributed by atoms with van der Waals surface area (Å²) < 4.78 is 0. The van der Waals surface area contributed by atoms with Crippen molar-refractivity contribution in [3.63, 3.8) is 0 Å². The molecule has 4 nitrogen and oxygen atoms in total. The lowest BCUT2D eigenvalue weighted by atomic mass is 10.0. The Bertz CT molecular complexity index is 269. The fraction of sp³-hybridized carbons (Fsp3) is 0.786. The normalized spacial score (nSPS) is 12.7. The third-order valence-electron chi connectivity index (χ3n) is 3.36. The minimum absolute atomic E-state index is 0.109. The molecule has 0 aromatic rings. The van der Waals surface area contributed by atoms with Crippen LogP contribution >= 0.6 is 0 Å². The predicted molar refractivity (Wildman–Crippen MR) is 81.2 cm³/mol. The first kappa shape index (κ1) is 17.0. The first-order valence-corrected chi connectivity index (χ1v) is 6.55. The topological polar surface area (TPSA) is 30.9 Å². The number of hydrogen-bond donors (Lipinski definition) is 1. The van der Waals surface area contributed by atoms with Crippen LogP contribution in [-0.4, -0.2) is 62.6 Å². The van der Waals surface area contributed by atoms with E-state index in [1.54, 1.807) is 0 Å². The lowest BCUT2D eigenvalue weighted by Gasteiger charge is -2.34. The van der Waals surface area contributed by atoms with E-state index in [0.29, 0.717) is 0 Å². The van der Waals surface area contributed by atoms with Crippen molar-refractivity contribution in [3.8, 4) is 0 Å². The molecule has 1 N–H and O–H groups in total. The molecular weight excluding hydrogens is 224 g/mol. The quantitative estimate of drug-likeness (QED) is 0.325. The van der Waals surface area contributed by atoms with Crippen LogP contribution < -0.4 is 5.32 Å². The molecule has 0 saturated carbocycles. The van der Waals surface area contributed by atoms with Crippen molar-refractivity contribution in [1.29, 1.82) is 0 Å². The SMILES string of the molecule is C=CCCCN(C)C(=NC)NCC(C)(C)N(C)C. The molecule has 106 valence electrons. The number of nitrogens with zero attached hydrogens (tertiary/aromatic N) is 3. The minimum atomic E-state index is 0.109. The van der Waals surface area contributed by atoms with Crippen molar-refractivity contribution in [1.82, 2.24) is 15.1 Å². The Balaban J connectivity index is 4.23. The maximum Gasteiger partial charge on any atom is 0.193 e. The van der Waals surface area contributed by atoms with Crippen LogP contribution in [0.4, 0.5) is 0 Å². The van der Waals surface area contributed by atoms with Crippen LogP contribution in [0.3, 0.4) is 0 Å². The molecule has 0 amide bonds. The number of aliphatic imine (C=N–C) groups is 1. The number of guanidine groups is 1. The molecule has 0 radical (unpaired) electrons. The summed E-state index contributed by atoms with van der Waals surface area (Å²) in [5.74, 6) is 0.953. The highest BCUT2D eigenvalue weighted by Gasteiger charge is 2.21. The summed E-state index contributed by atoms with van der Waals surface area (Å²) in [5.41, 5.74) is 0.109. The molecular formula is C14H30N4. The van der Waals surface area contributed by atoms with Gasteiger partial charge in [0, 0.05) is 32.7 Å². The summed E-state index contributed by atoms with van der Waals surface area (Å²) in [6.45, 7) is 10.0. The fourth-order valence-electron chi connectivity index (χ4n) is 1.42. The van der Waals surface area contributed by atoms with Gasteiger partial charge in [-0.3, -0.25) is 4.99 Å². The van der Waals surface area contributed by atoms with Gasteiger partial charge >= 0.3 is 0 Å². The van der Waals surface area contributed by atoms with E-state index in [1.165, 1.54) is 0 Å². The highest BCUT2D eigenvalue weighted by Crippen LogP contribution is 2.08. The Morgan fingerprint density at radius 1 is 1.33 bits per heavy atom. The van der Waals surface area contributed by atoms with Gasteiger partial charge in [-0.2, -0.15) is 0 Å². The monoisotopic (exact) mass is 254 g/mol. The zero-order chi connectivity index (χ0) is 14.2. The average molecular weight is 254 g/mol. The maximum absolute atomic E-state index is 4.32. The summed E-state index contributed by atoms with van der Waals surface area (Å²) in [6, 6.07) is 0. The average Bonchev–Trinajstić information content (AvgIpc) is 2.29. The number of hydrogen-bond acceptors (Lipinski definition) is 2. The molecule has 0 heterocycles. The van der Waals surface area contributed by atoms with Crippen molar-refractivity contribution in [3.05, 3.63) is 12.7 Å². The Morgan fingerprint density at radius 3 is 2.39 bits per heavy atom. The van der Waals surface area contributed by atoms with Gasteiger partial charge in [0.15, 0.2) is 5.96 Å². The molecule has 0 aromatic heterocycles. The molecule has 0 bridgehead atoms. The van der Waals surface area contributed by atoms with Crippen LogP contribution in [0.5, 0.6) is 0 Å². The molecule has 0 aromatic carbocycles. The fourth-order valence-corrected chi connectivity index (χ4v) is 1.42. The first-order valence-electron chi connectivity index (χ1n) is 6.55. The number of allylic oxidation sites excluding steroid dienone is 1. The van der Waals surface area contributed by atoms with E-state index in [2.05, 4.69) is 61.7 Å². The van der Waals surface area contributed by atoms with Crippen molar-refractivity contribution in [2.45, 2.75) is 32.2 Å². The standard InChI is InChI=1S/C14H30N4/c1-8-9-10-11-18(7)13(15-4)16-12-14(2,3)17(5)6/h8H,1,9-12H2,2-7H3,(H,15,16). The molecule has 0 saturated heterocycles. The largest absolute Gasteiger partial charge is 0.354 e. The third kappa shape index (κ3) is 6.05. The molecule has 0 aliphatic rings. The van der Waals surface area contributed by atoms with E-state index < -0.39 is 0 Å². The molecule has 0 fully saturated rings. The van der Waals surface area contributed by atoms with Gasteiger partial charge in [-0.1, -0.05) is 6.08 Å². The zero-order valence-electron chi connectivity index (χ0n) is 13.0. The van der Waals surface area contributed by atoms with E-state index >= 15 is 0 Å². The van der Waals surface area contributed by atoms with Crippen molar-refractivity contribution in [2.24, 2.45) is 4.99 Å². The highest BCUT2D eigenvalue weighted by molar-refractivity contribution is 5.79. The number of nitrogens with one attached hydrogen (secondary N) is 1.